The van der Waals surface area contributed by atoms with E-state index in [4.69, 9.17) is 0 Å². The fraction of sp³-hybridized carbons (Fsp3) is 0.105. The van der Waals surface area contributed by atoms with E-state index in [9.17, 15) is 4.79 Å². The van der Waals surface area contributed by atoms with Crippen molar-refractivity contribution >= 4 is 45.2 Å². The van der Waals surface area contributed by atoms with E-state index < -0.39 is 0 Å². The van der Waals surface area contributed by atoms with Crippen LogP contribution in [0.4, 0.5) is 5.13 Å². The van der Waals surface area contributed by atoms with E-state index in [1.165, 1.54) is 28.7 Å². The van der Waals surface area contributed by atoms with Crippen molar-refractivity contribution in [2.45, 2.75) is 17.0 Å². The van der Waals surface area contributed by atoms with Gasteiger partial charge in [0.05, 0.1) is 17.2 Å². The first-order valence-electron chi connectivity index (χ1n) is 8.22. The minimum atomic E-state index is -0.348. The summed E-state index contributed by atoms with van der Waals surface area (Å²) in [7, 11) is 0. The molecule has 4 aromatic rings. The zero-order chi connectivity index (χ0) is 18.6. The Morgan fingerprint density at radius 1 is 1.07 bits per heavy atom. The van der Waals surface area contributed by atoms with E-state index in [1.807, 2.05) is 24.3 Å². The molecule has 0 aliphatic carbocycles. The fourth-order valence-corrected chi connectivity index (χ4v) is 4.08. The number of rotatable bonds is 5. The molecule has 0 aliphatic rings. The average Bonchev–Trinajstić information content (AvgIpc) is 3.14. The summed E-state index contributed by atoms with van der Waals surface area (Å²) in [5, 5.41) is 11.3. The van der Waals surface area contributed by atoms with Crippen LogP contribution in [0.25, 0.3) is 11.0 Å². The van der Waals surface area contributed by atoms with Crippen molar-refractivity contribution in [1.29, 1.82) is 0 Å². The molecule has 8 heteroatoms. The highest BCUT2D eigenvalue weighted by Gasteiger charge is 2.13. The van der Waals surface area contributed by atoms with E-state index in [-0.39, 0.29) is 11.6 Å². The number of benzene rings is 2. The third kappa shape index (κ3) is 4.29. The highest BCUT2D eigenvalue weighted by atomic mass is 32.2. The predicted octanol–water partition coefficient (Wildman–Crippen LogP) is 4.33. The van der Waals surface area contributed by atoms with Gasteiger partial charge in [-0.2, -0.15) is 0 Å². The van der Waals surface area contributed by atoms with E-state index >= 15 is 0 Å². The Bertz CT molecular complexity index is 1090. The number of hydrogen-bond donors (Lipinski definition) is 1. The number of carbonyl (C=O) groups excluding carboxylic acids is 1. The number of nitrogens with zero attached hydrogens (tertiary/aromatic N) is 4. The van der Waals surface area contributed by atoms with Gasteiger partial charge in [-0.25, -0.2) is 4.98 Å². The van der Waals surface area contributed by atoms with Gasteiger partial charge in [0, 0.05) is 5.75 Å². The number of aryl methyl sites for hydroxylation is 1. The lowest BCUT2D eigenvalue weighted by molar-refractivity contribution is 0.102. The molecular weight excluding hydrogens is 378 g/mol. The first-order chi connectivity index (χ1) is 13.2. The SMILES string of the molecule is Cc1ccc(CSc2nnc(NC(=O)c3cnc4ccccc4n3)s2)cc1. The third-order valence-corrected chi connectivity index (χ3v) is 5.83. The molecule has 1 amide bonds. The number of thioether (sulfide) groups is 1. The van der Waals surface area contributed by atoms with Gasteiger partial charge in [-0.05, 0) is 24.6 Å². The molecule has 0 spiro atoms. The van der Waals surface area contributed by atoms with Crippen molar-refractivity contribution in [1.82, 2.24) is 20.2 Å². The molecule has 0 saturated carbocycles. The normalized spacial score (nSPS) is 10.9. The molecule has 0 saturated heterocycles. The number of carbonyl (C=O) groups is 1. The van der Waals surface area contributed by atoms with E-state index in [0.29, 0.717) is 10.6 Å². The summed E-state index contributed by atoms with van der Waals surface area (Å²) in [6.45, 7) is 2.07. The maximum absolute atomic E-state index is 12.4. The lowest BCUT2D eigenvalue weighted by Crippen LogP contribution is -2.14. The zero-order valence-corrected chi connectivity index (χ0v) is 16.0. The molecule has 0 radical (unpaired) electrons. The van der Waals surface area contributed by atoms with Crippen LogP contribution in [0, 0.1) is 6.92 Å². The van der Waals surface area contributed by atoms with Crippen molar-refractivity contribution in [2.24, 2.45) is 0 Å². The van der Waals surface area contributed by atoms with Crippen molar-refractivity contribution < 1.29 is 4.79 Å². The van der Waals surface area contributed by atoms with Crippen LogP contribution in [0.3, 0.4) is 0 Å². The molecule has 4 rings (SSSR count). The quantitative estimate of drug-likeness (QED) is 0.401. The molecule has 0 unspecified atom stereocenters. The van der Waals surface area contributed by atoms with Gasteiger partial charge in [0.1, 0.15) is 5.69 Å². The van der Waals surface area contributed by atoms with Gasteiger partial charge >= 0.3 is 0 Å². The van der Waals surface area contributed by atoms with Crippen LogP contribution in [0.2, 0.25) is 0 Å². The van der Waals surface area contributed by atoms with Gasteiger partial charge in [-0.3, -0.25) is 15.1 Å². The summed E-state index contributed by atoms with van der Waals surface area (Å²) < 4.78 is 0.801. The predicted molar refractivity (Wildman–Crippen MR) is 108 cm³/mol. The van der Waals surface area contributed by atoms with Crippen LogP contribution < -0.4 is 5.32 Å². The van der Waals surface area contributed by atoms with Crippen molar-refractivity contribution in [3.63, 3.8) is 0 Å². The zero-order valence-electron chi connectivity index (χ0n) is 14.4. The fourth-order valence-electron chi connectivity index (χ4n) is 2.38. The van der Waals surface area contributed by atoms with Gasteiger partial charge in [0.15, 0.2) is 4.34 Å². The molecule has 2 aromatic heterocycles. The second kappa shape index (κ2) is 7.81. The molecule has 2 heterocycles. The molecule has 0 atom stereocenters. The molecule has 0 fully saturated rings. The minimum absolute atomic E-state index is 0.248. The Morgan fingerprint density at radius 2 is 1.85 bits per heavy atom. The Labute approximate surface area is 164 Å². The average molecular weight is 393 g/mol. The number of fused-ring (bicyclic) bond motifs is 1. The summed E-state index contributed by atoms with van der Waals surface area (Å²) in [4.78, 5) is 21.0. The summed E-state index contributed by atoms with van der Waals surface area (Å²) in [6.07, 6.45) is 1.46. The van der Waals surface area contributed by atoms with E-state index in [0.717, 1.165) is 15.6 Å². The number of aromatic nitrogens is 4. The second-order valence-corrected chi connectivity index (χ2v) is 8.05. The van der Waals surface area contributed by atoms with Crippen LogP contribution in [-0.2, 0) is 5.75 Å². The molecule has 27 heavy (non-hydrogen) atoms. The first-order valence-corrected chi connectivity index (χ1v) is 10.0. The lowest BCUT2D eigenvalue weighted by atomic mass is 10.2. The first kappa shape index (κ1) is 17.6. The Kier molecular flexibility index (Phi) is 5.08. The number of hydrogen-bond acceptors (Lipinski definition) is 7. The van der Waals surface area contributed by atoms with Crippen molar-refractivity contribution in [3.8, 4) is 0 Å². The smallest absolute Gasteiger partial charge is 0.277 e. The molecule has 6 nitrogen and oxygen atoms in total. The van der Waals surface area contributed by atoms with Gasteiger partial charge in [0.25, 0.3) is 5.91 Å². The minimum Gasteiger partial charge on any atom is -0.295 e. The number of anilines is 1. The highest BCUT2D eigenvalue weighted by Crippen LogP contribution is 2.28. The van der Waals surface area contributed by atoms with Crippen LogP contribution in [0.1, 0.15) is 21.6 Å². The largest absolute Gasteiger partial charge is 0.295 e. The Hall–Kier alpha value is -2.84. The van der Waals surface area contributed by atoms with Gasteiger partial charge < -0.3 is 0 Å². The van der Waals surface area contributed by atoms with Crippen LogP contribution in [0.5, 0.6) is 0 Å². The molecule has 0 bridgehead atoms. The third-order valence-electron chi connectivity index (χ3n) is 3.79. The topological polar surface area (TPSA) is 80.7 Å². The molecule has 2 aromatic carbocycles. The number of para-hydroxylation sites is 2. The molecule has 1 N–H and O–H groups in total. The highest BCUT2D eigenvalue weighted by molar-refractivity contribution is 8.00. The summed E-state index contributed by atoms with van der Waals surface area (Å²) in [6, 6.07) is 15.8. The van der Waals surface area contributed by atoms with Gasteiger partial charge in [-0.15, -0.1) is 10.2 Å². The second-order valence-electron chi connectivity index (χ2n) is 5.85. The van der Waals surface area contributed by atoms with Gasteiger partial charge in [-0.1, -0.05) is 65.1 Å². The van der Waals surface area contributed by atoms with E-state index in [1.54, 1.807) is 11.8 Å². The van der Waals surface area contributed by atoms with Crippen LogP contribution in [-0.4, -0.2) is 26.1 Å². The standard InChI is InChI=1S/C19H15N5OS2/c1-12-6-8-13(9-7-12)11-26-19-24-23-18(27-19)22-17(25)16-10-20-14-4-2-3-5-15(14)21-16/h2-10H,11H2,1H3,(H,22,23,25). The number of amides is 1. The van der Waals surface area contributed by atoms with Crippen LogP contribution in [0.15, 0.2) is 59.1 Å². The molecule has 0 aliphatic heterocycles. The lowest BCUT2D eigenvalue weighted by Gasteiger charge is -2.01. The van der Waals surface area contributed by atoms with Gasteiger partial charge in [0.2, 0.25) is 5.13 Å². The van der Waals surface area contributed by atoms with Crippen molar-refractivity contribution in [3.05, 3.63) is 71.5 Å². The summed E-state index contributed by atoms with van der Waals surface area (Å²) in [5.41, 5.74) is 4.13. The Balaban J connectivity index is 1.40. The van der Waals surface area contributed by atoms with Crippen molar-refractivity contribution in [2.75, 3.05) is 5.32 Å². The van der Waals surface area contributed by atoms with Crippen LogP contribution >= 0.6 is 23.1 Å². The van der Waals surface area contributed by atoms with E-state index in [2.05, 4.69) is 56.7 Å². The maximum atomic E-state index is 12.4. The monoisotopic (exact) mass is 393 g/mol. The molecule has 134 valence electrons. The molecular formula is C19H15N5OS2. The summed E-state index contributed by atoms with van der Waals surface area (Å²) in [5.74, 6) is 0.457. The summed E-state index contributed by atoms with van der Waals surface area (Å²) >= 11 is 2.93. The Morgan fingerprint density at radius 3 is 2.67 bits per heavy atom. The number of nitrogens with one attached hydrogen (secondary N) is 1. The maximum Gasteiger partial charge on any atom is 0.277 e.